The lowest BCUT2D eigenvalue weighted by molar-refractivity contribution is -0.140. The average molecular weight is 241 g/mol. The van der Waals surface area contributed by atoms with Gasteiger partial charge in [0.15, 0.2) is 0 Å². The Balaban J connectivity index is 2.74. The molecule has 1 rings (SSSR count). The summed E-state index contributed by atoms with van der Waals surface area (Å²) in [6, 6.07) is 7.86. The first-order valence-corrected chi connectivity index (χ1v) is 5.27. The van der Waals surface area contributed by atoms with Crippen molar-refractivity contribution in [2.45, 2.75) is 25.6 Å². The molecule has 1 atom stereocenters. The van der Waals surface area contributed by atoms with Gasteiger partial charge in [0.2, 0.25) is 0 Å². The Hall–Kier alpha value is -1.47. The molecule has 17 heavy (non-hydrogen) atoms. The SMILES string of the molecule is CC#CCNC(CC(F)(F)F)c1ccccc1. The van der Waals surface area contributed by atoms with Crippen molar-refractivity contribution >= 4 is 0 Å². The van der Waals surface area contributed by atoms with Gasteiger partial charge in [-0.15, -0.1) is 5.92 Å². The fourth-order valence-corrected chi connectivity index (χ4v) is 1.49. The molecule has 1 aromatic carbocycles. The van der Waals surface area contributed by atoms with Crippen LogP contribution in [-0.4, -0.2) is 12.7 Å². The first kappa shape index (κ1) is 13.6. The summed E-state index contributed by atoms with van der Waals surface area (Å²) >= 11 is 0. The summed E-state index contributed by atoms with van der Waals surface area (Å²) in [5, 5.41) is 2.80. The van der Waals surface area contributed by atoms with Crippen LogP contribution in [0, 0.1) is 11.8 Å². The standard InChI is InChI=1S/C13H14F3N/c1-2-3-9-17-12(10-13(14,15)16)11-7-5-4-6-8-11/h4-8,12,17H,9-10H2,1H3. The Morgan fingerprint density at radius 3 is 2.41 bits per heavy atom. The highest BCUT2D eigenvalue weighted by Gasteiger charge is 2.32. The van der Waals surface area contributed by atoms with Crippen LogP contribution in [0.15, 0.2) is 30.3 Å². The van der Waals surface area contributed by atoms with Crippen molar-refractivity contribution in [3.8, 4) is 11.8 Å². The maximum Gasteiger partial charge on any atom is 0.390 e. The van der Waals surface area contributed by atoms with Crippen LogP contribution in [0.1, 0.15) is 24.9 Å². The fraction of sp³-hybridized carbons (Fsp3) is 0.385. The van der Waals surface area contributed by atoms with E-state index in [2.05, 4.69) is 17.2 Å². The molecular weight excluding hydrogens is 227 g/mol. The van der Waals surface area contributed by atoms with Crippen molar-refractivity contribution in [1.29, 1.82) is 0 Å². The number of halogens is 3. The molecule has 0 bridgehead atoms. The van der Waals surface area contributed by atoms with Crippen LogP contribution in [0.3, 0.4) is 0 Å². The summed E-state index contributed by atoms with van der Waals surface area (Å²) in [5.41, 5.74) is 0.628. The number of rotatable bonds is 4. The van der Waals surface area contributed by atoms with Crippen molar-refractivity contribution < 1.29 is 13.2 Å². The molecule has 0 spiro atoms. The third-order valence-electron chi connectivity index (χ3n) is 2.25. The second-order valence-electron chi connectivity index (χ2n) is 3.59. The van der Waals surface area contributed by atoms with Gasteiger partial charge in [-0.2, -0.15) is 13.2 Å². The van der Waals surface area contributed by atoms with Crippen LogP contribution >= 0.6 is 0 Å². The first-order valence-electron chi connectivity index (χ1n) is 5.27. The molecule has 0 radical (unpaired) electrons. The zero-order valence-electron chi connectivity index (χ0n) is 9.51. The first-order chi connectivity index (χ1) is 8.03. The van der Waals surface area contributed by atoms with Crippen molar-refractivity contribution in [2.75, 3.05) is 6.54 Å². The van der Waals surface area contributed by atoms with E-state index in [1.165, 1.54) is 0 Å². The molecule has 92 valence electrons. The van der Waals surface area contributed by atoms with Crippen LogP contribution in [-0.2, 0) is 0 Å². The molecule has 0 amide bonds. The van der Waals surface area contributed by atoms with Gasteiger partial charge in [0.25, 0.3) is 0 Å². The lowest BCUT2D eigenvalue weighted by Gasteiger charge is -2.19. The highest BCUT2D eigenvalue weighted by Crippen LogP contribution is 2.29. The van der Waals surface area contributed by atoms with E-state index in [4.69, 9.17) is 0 Å². The lowest BCUT2D eigenvalue weighted by atomic mass is 10.0. The Kier molecular flexibility index (Phi) is 5.05. The molecule has 0 aliphatic rings. The summed E-state index contributed by atoms with van der Waals surface area (Å²) in [5.74, 6) is 5.35. The molecule has 1 aromatic rings. The van der Waals surface area contributed by atoms with Crippen molar-refractivity contribution in [3.05, 3.63) is 35.9 Å². The lowest BCUT2D eigenvalue weighted by Crippen LogP contribution is -2.27. The molecule has 1 nitrogen and oxygen atoms in total. The van der Waals surface area contributed by atoms with Crippen molar-refractivity contribution in [1.82, 2.24) is 5.32 Å². The van der Waals surface area contributed by atoms with Gasteiger partial charge >= 0.3 is 6.18 Å². The zero-order valence-corrected chi connectivity index (χ0v) is 9.51. The van der Waals surface area contributed by atoms with E-state index in [1.807, 2.05) is 0 Å². The van der Waals surface area contributed by atoms with E-state index < -0.39 is 18.6 Å². The second-order valence-corrected chi connectivity index (χ2v) is 3.59. The van der Waals surface area contributed by atoms with Gasteiger partial charge in [-0.3, -0.25) is 5.32 Å². The van der Waals surface area contributed by atoms with Crippen LogP contribution in [0.2, 0.25) is 0 Å². The highest BCUT2D eigenvalue weighted by molar-refractivity contribution is 5.19. The predicted octanol–water partition coefficient (Wildman–Crippen LogP) is 3.29. The zero-order chi connectivity index (χ0) is 12.7. The Labute approximate surface area is 99.0 Å². The highest BCUT2D eigenvalue weighted by atomic mass is 19.4. The van der Waals surface area contributed by atoms with Crippen LogP contribution < -0.4 is 5.32 Å². The molecule has 0 heterocycles. The number of alkyl halides is 3. The number of hydrogen-bond donors (Lipinski definition) is 1. The molecule has 1 N–H and O–H groups in total. The molecule has 0 saturated heterocycles. The second kappa shape index (κ2) is 6.31. The Morgan fingerprint density at radius 2 is 1.88 bits per heavy atom. The molecule has 0 aromatic heterocycles. The van der Waals surface area contributed by atoms with Gasteiger partial charge in [-0.05, 0) is 12.5 Å². The van der Waals surface area contributed by atoms with Crippen LogP contribution in [0.25, 0.3) is 0 Å². The normalized spacial score (nSPS) is 12.7. The van der Waals surface area contributed by atoms with Crippen molar-refractivity contribution in [2.24, 2.45) is 0 Å². The summed E-state index contributed by atoms with van der Waals surface area (Å²) in [6.07, 6.45) is -5.07. The summed E-state index contributed by atoms with van der Waals surface area (Å²) < 4.78 is 37.3. The van der Waals surface area contributed by atoms with Crippen LogP contribution in [0.5, 0.6) is 0 Å². The number of hydrogen-bond acceptors (Lipinski definition) is 1. The predicted molar refractivity (Wildman–Crippen MR) is 61.3 cm³/mol. The minimum atomic E-state index is -4.19. The molecule has 4 heteroatoms. The largest absolute Gasteiger partial charge is 0.390 e. The van der Waals surface area contributed by atoms with Crippen LogP contribution in [0.4, 0.5) is 13.2 Å². The minimum Gasteiger partial charge on any atom is -0.299 e. The Bertz CT molecular complexity index is 387. The monoisotopic (exact) mass is 241 g/mol. The van der Waals surface area contributed by atoms with E-state index in [9.17, 15) is 13.2 Å². The molecule has 1 unspecified atom stereocenters. The molecule has 0 aliphatic carbocycles. The molecule has 0 aliphatic heterocycles. The maximum atomic E-state index is 12.4. The van der Waals surface area contributed by atoms with E-state index in [0.29, 0.717) is 5.56 Å². The molecular formula is C13H14F3N. The van der Waals surface area contributed by atoms with Gasteiger partial charge in [0.05, 0.1) is 13.0 Å². The maximum absolute atomic E-state index is 12.4. The number of nitrogens with one attached hydrogen (secondary N) is 1. The topological polar surface area (TPSA) is 12.0 Å². The number of benzene rings is 1. The third kappa shape index (κ3) is 5.41. The van der Waals surface area contributed by atoms with E-state index >= 15 is 0 Å². The van der Waals surface area contributed by atoms with Gasteiger partial charge in [-0.1, -0.05) is 36.3 Å². The van der Waals surface area contributed by atoms with Gasteiger partial charge in [0, 0.05) is 6.04 Å². The Morgan fingerprint density at radius 1 is 1.24 bits per heavy atom. The van der Waals surface area contributed by atoms with E-state index in [-0.39, 0.29) is 6.54 Å². The molecule has 0 saturated carbocycles. The van der Waals surface area contributed by atoms with Gasteiger partial charge in [-0.25, -0.2) is 0 Å². The van der Waals surface area contributed by atoms with E-state index in [0.717, 1.165) is 0 Å². The van der Waals surface area contributed by atoms with Crippen molar-refractivity contribution in [3.63, 3.8) is 0 Å². The smallest absolute Gasteiger partial charge is 0.299 e. The summed E-state index contributed by atoms with van der Waals surface area (Å²) in [6.45, 7) is 1.91. The molecule has 0 fully saturated rings. The quantitative estimate of drug-likeness (QED) is 0.797. The summed E-state index contributed by atoms with van der Waals surface area (Å²) in [4.78, 5) is 0. The van der Waals surface area contributed by atoms with Gasteiger partial charge in [0.1, 0.15) is 0 Å². The van der Waals surface area contributed by atoms with Gasteiger partial charge < -0.3 is 0 Å². The minimum absolute atomic E-state index is 0.256. The third-order valence-corrected chi connectivity index (χ3v) is 2.25. The summed E-state index contributed by atoms with van der Waals surface area (Å²) in [7, 11) is 0. The average Bonchev–Trinajstić information content (AvgIpc) is 2.28. The fourth-order valence-electron chi connectivity index (χ4n) is 1.49. The van der Waals surface area contributed by atoms with E-state index in [1.54, 1.807) is 37.3 Å².